The lowest BCUT2D eigenvalue weighted by Crippen LogP contribution is -2.64. The predicted molar refractivity (Wildman–Crippen MR) is 178 cm³/mol. The van der Waals surface area contributed by atoms with Gasteiger partial charge in [-0.2, -0.15) is 0 Å². The minimum atomic E-state index is -1.38. The van der Waals surface area contributed by atoms with E-state index < -0.39 is 72.6 Å². The fraction of sp³-hybridized carbons (Fsp3) is 0.314. The molecule has 16 nitrogen and oxygen atoms in total. The molecule has 16 heteroatoms. The molecule has 0 aliphatic carbocycles. The maximum atomic E-state index is 13.9. The molecule has 5 amide bonds. The third kappa shape index (κ3) is 9.65. The Balaban J connectivity index is 1.23. The van der Waals surface area contributed by atoms with Crippen LogP contribution in [-0.2, 0) is 28.7 Å². The van der Waals surface area contributed by atoms with Crippen molar-refractivity contribution in [3.05, 3.63) is 84.7 Å². The molecule has 3 heterocycles. The van der Waals surface area contributed by atoms with E-state index in [-0.39, 0.29) is 37.8 Å². The molecule has 4 N–H and O–H groups in total. The van der Waals surface area contributed by atoms with Crippen LogP contribution < -0.4 is 20.7 Å². The summed E-state index contributed by atoms with van der Waals surface area (Å²) in [5.41, 5.74) is 0.546. The number of carboxylic acids is 1. The number of amides is 5. The topological polar surface area (TPSA) is 214 Å². The third-order valence-corrected chi connectivity index (χ3v) is 8.17. The number of hydrogen-bond acceptors (Lipinski definition) is 10. The number of aromatic nitrogens is 1. The van der Waals surface area contributed by atoms with Gasteiger partial charge in [-0.05, 0) is 74.2 Å². The van der Waals surface area contributed by atoms with Gasteiger partial charge in [0.25, 0.3) is 5.91 Å². The number of urea groups is 1. The van der Waals surface area contributed by atoms with Gasteiger partial charge < -0.3 is 30.5 Å². The number of carbonyl (C=O) groups is 7. The predicted octanol–water partition coefficient (Wildman–Crippen LogP) is 2.67. The Morgan fingerprint density at radius 3 is 2.33 bits per heavy atom. The number of ether oxygens (including phenoxy) is 2. The number of Topliss-reactive ketones (excluding diaryl/α,β-unsaturated/α-hetero) is 1. The van der Waals surface area contributed by atoms with Crippen molar-refractivity contribution >= 4 is 47.2 Å². The number of hydrazine groups is 1. The molecule has 2 aliphatic rings. The lowest BCUT2D eigenvalue weighted by molar-refractivity contribution is -0.176. The van der Waals surface area contributed by atoms with Crippen LogP contribution in [0.5, 0.6) is 11.5 Å². The number of pyridine rings is 1. The first-order valence-electron chi connectivity index (χ1n) is 16.2. The maximum Gasteiger partial charge on any atom is 0.338 e. The summed E-state index contributed by atoms with van der Waals surface area (Å²) in [4.78, 5) is 94.2. The van der Waals surface area contributed by atoms with E-state index in [2.05, 4.69) is 20.9 Å². The highest BCUT2D eigenvalue weighted by atomic mass is 16.5. The highest BCUT2D eigenvalue weighted by molar-refractivity contribution is 5.99. The van der Waals surface area contributed by atoms with Gasteiger partial charge in [0.2, 0.25) is 11.8 Å². The van der Waals surface area contributed by atoms with Crippen LogP contribution in [0.25, 0.3) is 0 Å². The Hall–Kier alpha value is -6.32. The number of para-hydroxylation sites is 1. The minimum Gasteiger partial charge on any atom is -0.481 e. The van der Waals surface area contributed by atoms with Crippen LogP contribution in [0.15, 0.2) is 79.1 Å². The van der Waals surface area contributed by atoms with Gasteiger partial charge in [0.15, 0.2) is 12.4 Å². The number of fused-ring (bicyclic) bond motifs is 1. The Kier molecular flexibility index (Phi) is 11.9. The van der Waals surface area contributed by atoms with Crippen LogP contribution in [0.2, 0.25) is 0 Å². The molecule has 3 aromatic rings. The molecule has 0 spiro atoms. The standard InChI is InChI=1S/C35H36N6O10/c42-29(21-50-34(48)22-16-18-36-19-17-22)26(13-15-31(44)45)38-32(46)28-7-4-20-40-30(43)14-12-27(33(47)41(28)40)39-35(49)37-23-8-10-25(11-9-23)51-24-5-2-1-3-6-24/h1-3,5-6,8-11,16-19,26-28H,4,7,12-15,20-21H2,(H,38,46)(H,44,45)(H2,37,39,49)/t26-,27-,28-/m0/s1. The lowest BCUT2D eigenvalue weighted by Gasteiger charge is -2.43. The third-order valence-electron chi connectivity index (χ3n) is 8.17. The molecule has 5 rings (SSSR count). The fourth-order valence-electron chi connectivity index (χ4n) is 5.62. The molecule has 3 atom stereocenters. The van der Waals surface area contributed by atoms with E-state index in [1.807, 2.05) is 18.2 Å². The minimum absolute atomic E-state index is 0.0289. The number of benzene rings is 2. The summed E-state index contributed by atoms with van der Waals surface area (Å²) in [5, 5.41) is 19.2. The number of rotatable bonds is 13. The van der Waals surface area contributed by atoms with Gasteiger partial charge in [0.05, 0.1) is 11.6 Å². The summed E-state index contributed by atoms with van der Waals surface area (Å²) < 4.78 is 10.8. The van der Waals surface area contributed by atoms with Gasteiger partial charge in [0.1, 0.15) is 23.6 Å². The number of anilines is 1. The summed E-state index contributed by atoms with van der Waals surface area (Å²) in [5.74, 6) is -3.58. The molecule has 266 valence electrons. The zero-order valence-electron chi connectivity index (χ0n) is 27.4. The van der Waals surface area contributed by atoms with Crippen molar-refractivity contribution in [1.82, 2.24) is 25.6 Å². The lowest BCUT2D eigenvalue weighted by atomic mass is 10.0. The number of hydrogen-bond donors (Lipinski definition) is 4. The smallest absolute Gasteiger partial charge is 0.338 e. The van der Waals surface area contributed by atoms with Gasteiger partial charge in [-0.15, -0.1) is 0 Å². The van der Waals surface area contributed by atoms with Crippen LogP contribution in [0.4, 0.5) is 10.5 Å². The van der Waals surface area contributed by atoms with Gasteiger partial charge in [-0.3, -0.25) is 34.0 Å². The van der Waals surface area contributed by atoms with Gasteiger partial charge >= 0.3 is 18.0 Å². The Morgan fingerprint density at radius 2 is 1.63 bits per heavy atom. The molecule has 1 aromatic heterocycles. The number of nitrogens with zero attached hydrogens (tertiary/aromatic N) is 3. The van der Waals surface area contributed by atoms with Crippen LogP contribution >= 0.6 is 0 Å². The van der Waals surface area contributed by atoms with Crippen LogP contribution in [-0.4, -0.2) is 92.9 Å². The Bertz CT molecular complexity index is 1760. The van der Waals surface area contributed by atoms with Crippen LogP contribution in [0.3, 0.4) is 0 Å². The average Bonchev–Trinajstić information content (AvgIpc) is 3.25. The average molecular weight is 701 g/mol. The largest absolute Gasteiger partial charge is 0.481 e. The Morgan fingerprint density at radius 1 is 0.922 bits per heavy atom. The number of carboxylic acid groups (broad SMARTS) is 1. The first kappa shape index (κ1) is 36.0. The first-order valence-corrected chi connectivity index (χ1v) is 16.2. The van der Waals surface area contributed by atoms with Gasteiger partial charge in [-0.1, -0.05) is 18.2 Å². The van der Waals surface area contributed by atoms with E-state index in [0.29, 0.717) is 23.6 Å². The molecule has 2 fully saturated rings. The summed E-state index contributed by atoms with van der Waals surface area (Å²) in [6.45, 7) is -0.607. The highest BCUT2D eigenvalue weighted by Gasteiger charge is 2.45. The normalized spacial score (nSPS) is 17.6. The van der Waals surface area contributed by atoms with Gasteiger partial charge in [-0.25, -0.2) is 14.6 Å². The fourth-order valence-corrected chi connectivity index (χ4v) is 5.62. The van der Waals surface area contributed by atoms with E-state index in [0.717, 1.165) is 5.01 Å². The molecule has 51 heavy (non-hydrogen) atoms. The van der Waals surface area contributed by atoms with E-state index in [4.69, 9.17) is 9.47 Å². The van der Waals surface area contributed by atoms with E-state index in [1.165, 1.54) is 29.5 Å². The molecular formula is C35H36N6O10. The quantitative estimate of drug-likeness (QED) is 0.190. The second-order valence-corrected chi connectivity index (χ2v) is 11.8. The van der Waals surface area contributed by atoms with Crippen molar-refractivity contribution in [3.8, 4) is 11.5 Å². The van der Waals surface area contributed by atoms with Crippen molar-refractivity contribution in [2.75, 3.05) is 18.5 Å². The summed E-state index contributed by atoms with van der Waals surface area (Å²) >= 11 is 0. The first-order chi connectivity index (χ1) is 24.6. The van der Waals surface area contributed by atoms with Crippen molar-refractivity contribution in [2.45, 2.75) is 56.7 Å². The highest BCUT2D eigenvalue weighted by Crippen LogP contribution is 2.26. The van der Waals surface area contributed by atoms with E-state index >= 15 is 0 Å². The molecule has 2 saturated heterocycles. The Labute approximate surface area is 292 Å². The molecule has 2 aromatic carbocycles. The number of ketones is 1. The summed E-state index contributed by atoms with van der Waals surface area (Å²) in [6.07, 6.45) is 2.28. The van der Waals surface area contributed by atoms with Crippen molar-refractivity contribution in [2.24, 2.45) is 0 Å². The second kappa shape index (κ2) is 16.9. The zero-order valence-corrected chi connectivity index (χ0v) is 27.4. The zero-order chi connectivity index (χ0) is 36.3. The SMILES string of the molecule is O=C(O)CC[C@H](NC(=O)[C@@H]1CCCN2C(=O)CC[C@H](NC(=O)Nc3ccc(Oc4ccccc4)cc3)C(=O)N12)C(=O)COC(=O)c1ccncc1. The van der Waals surface area contributed by atoms with E-state index in [1.54, 1.807) is 36.4 Å². The second-order valence-electron chi connectivity index (χ2n) is 11.8. The summed E-state index contributed by atoms with van der Waals surface area (Å²) in [7, 11) is 0. The molecule has 0 bridgehead atoms. The number of nitrogens with one attached hydrogen (secondary N) is 3. The van der Waals surface area contributed by atoms with Crippen LogP contribution in [0.1, 0.15) is 48.9 Å². The number of aliphatic carboxylic acids is 1. The number of carbonyl (C=O) groups excluding carboxylic acids is 6. The maximum absolute atomic E-state index is 13.9. The monoisotopic (exact) mass is 700 g/mol. The molecule has 0 unspecified atom stereocenters. The van der Waals surface area contributed by atoms with Crippen molar-refractivity contribution in [3.63, 3.8) is 0 Å². The van der Waals surface area contributed by atoms with Gasteiger partial charge in [0, 0.05) is 37.5 Å². The van der Waals surface area contributed by atoms with E-state index in [9.17, 15) is 38.7 Å². The van der Waals surface area contributed by atoms with Crippen molar-refractivity contribution in [1.29, 1.82) is 0 Å². The molecule has 0 radical (unpaired) electrons. The summed E-state index contributed by atoms with van der Waals surface area (Å²) in [6, 6.07) is 13.9. The molecule has 2 aliphatic heterocycles. The molecular weight excluding hydrogens is 664 g/mol. The number of esters is 1. The van der Waals surface area contributed by atoms with Crippen LogP contribution in [0, 0.1) is 0 Å². The van der Waals surface area contributed by atoms with Crippen molar-refractivity contribution < 1.29 is 48.1 Å². The molecule has 0 saturated carbocycles.